The Morgan fingerprint density at radius 2 is 1.85 bits per heavy atom. The zero-order valence-corrected chi connectivity index (χ0v) is 14.9. The minimum absolute atomic E-state index is 0.125. The Hall–Kier alpha value is -3.22. The Kier molecular flexibility index (Phi) is 3.34. The van der Waals surface area contributed by atoms with E-state index in [9.17, 15) is 9.59 Å². The van der Waals surface area contributed by atoms with E-state index in [1.54, 1.807) is 23.1 Å². The van der Waals surface area contributed by atoms with Crippen LogP contribution >= 0.6 is 0 Å². The molecule has 0 saturated carbocycles. The highest BCUT2D eigenvalue weighted by atomic mass is 16.7. The molecule has 0 fully saturated rings. The van der Waals surface area contributed by atoms with E-state index in [1.165, 1.54) is 14.2 Å². The van der Waals surface area contributed by atoms with Crippen LogP contribution in [0.1, 0.15) is 37.9 Å². The Balaban J connectivity index is 1.67. The molecule has 3 aliphatic heterocycles. The van der Waals surface area contributed by atoms with Crippen LogP contribution in [0, 0.1) is 0 Å². The summed E-state index contributed by atoms with van der Waals surface area (Å²) < 4.78 is 21.6. The molecule has 0 bridgehead atoms. The molecule has 1 amide bonds. The van der Waals surface area contributed by atoms with E-state index in [2.05, 4.69) is 0 Å². The predicted molar refractivity (Wildman–Crippen MR) is 93.9 cm³/mol. The van der Waals surface area contributed by atoms with E-state index in [-0.39, 0.29) is 18.5 Å². The van der Waals surface area contributed by atoms with Crippen LogP contribution < -0.4 is 18.9 Å². The molecule has 7 heteroatoms. The number of ketones is 1. The first kappa shape index (κ1) is 16.0. The molecule has 0 radical (unpaired) electrons. The van der Waals surface area contributed by atoms with Crippen molar-refractivity contribution in [1.82, 2.24) is 4.90 Å². The van der Waals surface area contributed by atoms with Crippen LogP contribution in [0.3, 0.4) is 0 Å². The first-order valence-electron chi connectivity index (χ1n) is 8.66. The van der Waals surface area contributed by atoms with Crippen molar-refractivity contribution in [2.24, 2.45) is 0 Å². The summed E-state index contributed by atoms with van der Waals surface area (Å²) in [5, 5.41) is 0. The van der Waals surface area contributed by atoms with Crippen molar-refractivity contribution >= 4 is 11.7 Å². The molecule has 2 aromatic rings. The number of nitrogens with zero attached hydrogens (tertiary/aromatic N) is 1. The van der Waals surface area contributed by atoms with Crippen molar-refractivity contribution in [3.05, 3.63) is 46.5 Å². The summed E-state index contributed by atoms with van der Waals surface area (Å²) in [6.45, 7) is 0.586. The van der Waals surface area contributed by atoms with Crippen LogP contribution in [0.4, 0.5) is 0 Å². The predicted octanol–water partition coefficient (Wildman–Crippen LogP) is 2.37. The summed E-state index contributed by atoms with van der Waals surface area (Å²) in [4.78, 5) is 28.1. The maximum Gasteiger partial charge on any atom is 0.259 e. The molecule has 3 heterocycles. The van der Waals surface area contributed by atoms with E-state index in [4.69, 9.17) is 18.9 Å². The normalized spacial score (nSPS) is 19.3. The fraction of sp³-hybridized carbons (Fsp3) is 0.300. The molecule has 0 aliphatic carbocycles. The summed E-state index contributed by atoms with van der Waals surface area (Å²) in [6.07, 6.45) is 0.563. The molecule has 0 saturated heterocycles. The molecule has 0 unspecified atom stereocenters. The van der Waals surface area contributed by atoms with Gasteiger partial charge in [-0.2, -0.15) is 0 Å². The lowest BCUT2D eigenvalue weighted by Crippen LogP contribution is -2.32. The lowest BCUT2D eigenvalue weighted by Gasteiger charge is -2.21. The van der Waals surface area contributed by atoms with Crippen molar-refractivity contribution in [1.29, 1.82) is 0 Å². The molecular weight excluding hydrogens is 350 g/mol. The van der Waals surface area contributed by atoms with Gasteiger partial charge < -0.3 is 23.8 Å². The van der Waals surface area contributed by atoms with Gasteiger partial charge in [0.1, 0.15) is 6.04 Å². The number of Topliss-reactive ketones (excluding diaryl/α,β-unsaturated/α-hetero) is 1. The lowest BCUT2D eigenvalue weighted by atomic mass is 9.93. The van der Waals surface area contributed by atoms with Gasteiger partial charge in [0.05, 0.1) is 19.8 Å². The monoisotopic (exact) mass is 367 g/mol. The number of methoxy groups -OCH3 is 2. The lowest BCUT2D eigenvalue weighted by molar-refractivity contribution is 0.0665. The summed E-state index contributed by atoms with van der Waals surface area (Å²) >= 11 is 0. The number of amides is 1. The van der Waals surface area contributed by atoms with E-state index in [0.29, 0.717) is 52.7 Å². The minimum atomic E-state index is -0.672. The van der Waals surface area contributed by atoms with Gasteiger partial charge in [0.2, 0.25) is 6.79 Å². The standard InChI is InChI=1S/C20H17NO6/c1-24-13-4-3-11-16(19(13)25-2)20(23)21-6-5-10-7-14-15(27-9-26-14)8-12(10)18(22)17(11)21/h3-4,7-8,17H,5-6,9H2,1-2H3/t17-/m0/s1. The van der Waals surface area contributed by atoms with Crippen molar-refractivity contribution < 1.29 is 28.5 Å². The van der Waals surface area contributed by atoms with Gasteiger partial charge in [0.15, 0.2) is 28.8 Å². The van der Waals surface area contributed by atoms with Crippen LogP contribution in [0.2, 0.25) is 0 Å². The Bertz CT molecular complexity index is 998. The minimum Gasteiger partial charge on any atom is -0.493 e. The highest BCUT2D eigenvalue weighted by Crippen LogP contribution is 2.47. The third kappa shape index (κ3) is 2.08. The highest BCUT2D eigenvalue weighted by molar-refractivity contribution is 6.12. The number of carbonyl (C=O) groups excluding carboxylic acids is 2. The third-order valence-corrected chi connectivity index (χ3v) is 5.39. The molecule has 1 atom stereocenters. The van der Waals surface area contributed by atoms with Crippen LogP contribution in [0.15, 0.2) is 24.3 Å². The van der Waals surface area contributed by atoms with Gasteiger partial charge in [-0.25, -0.2) is 0 Å². The molecule has 0 N–H and O–H groups in total. The Morgan fingerprint density at radius 1 is 1.07 bits per heavy atom. The highest BCUT2D eigenvalue weighted by Gasteiger charge is 2.46. The number of fused-ring (bicyclic) bond motifs is 5. The molecule has 0 aromatic heterocycles. The largest absolute Gasteiger partial charge is 0.493 e. The van der Waals surface area contributed by atoms with Crippen LogP contribution in [0.25, 0.3) is 0 Å². The second-order valence-corrected chi connectivity index (χ2v) is 6.64. The van der Waals surface area contributed by atoms with E-state index >= 15 is 0 Å². The maximum absolute atomic E-state index is 13.4. The van der Waals surface area contributed by atoms with Crippen LogP contribution in [-0.2, 0) is 6.42 Å². The second-order valence-electron chi connectivity index (χ2n) is 6.64. The van der Waals surface area contributed by atoms with Crippen molar-refractivity contribution in [2.45, 2.75) is 12.5 Å². The van der Waals surface area contributed by atoms with Gasteiger partial charge in [-0.05, 0) is 35.7 Å². The number of hydrogen-bond donors (Lipinski definition) is 0. The number of benzene rings is 2. The van der Waals surface area contributed by atoms with Crippen LogP contribution in [-0.4, -0.2) is 44.1 Å². The van der Waals surface area contributed by atoms with Gasteiger partial charge in [-0.1, -0.05) is 6.07 Å². The number of hydrogen-bond acceptors (Lipinski definition) is 6. The van der Waals surface area contributed by atoms with Gasteiger partial charge in [0.25, 0.3) is 5.91 Å². The number of ether oxygens (including phenoxy) is 4. The zero-order chi connectivity index (χ0) is 18.7. The van der Waals surface area contributed by atoms with E-state index < -0.39 is 6.04 Å². The van der Waals surface area contributed by atoms with E-state index in [0.717, 1.165) is 5.56 Å². The molecule has 2 aromatic carbocycles. The summed E-state index contributed by atoms with van der Waals surface area (Å²) in [7, 11) is 3.01. The average Bonchev–Trinajstić information content (AvgIpc) is 3.22. The number of rotatable bonds is 2. The molecule has 3 aliphatic rings. The second kappa shape index (κ2) is 5.64. The van der Waals surface area contributed by atoms with Gasteiger partial charge in [-0.3, -0.25) is 9.59 Å². The first-order valence-corrected chi connectivity index (χ1v) is 8.66. The molecule has 27 heavy (non-hydrogen) atoms. The Labute approximate surface area is 155 Å². The number of carbonyl (C=O) groups is 2. The molecule has 138 valence electrons. The van der Waals surface area contributed by atoms with Gasteiger partial charge in [-0.15, -0.1) is 0 Å². The SMILES string of the molecule is COc1ccc2c(c1OC)C(=O)N1CCc3cc4c(cc3C(=O)[C@H]21)OCO4. The average molecular weight is 367 g/mol. The van der Waals surface area contributed by atoms with Gasteiger partial charge in [0, 0.05) is 12.1 Å². The summed E-state index contributed by atoms with van der Waals surface area (Å²) in [5.74, 6) is 1.70. The quantitative estimate of drug-likeness (QED) is 0.811. The molecule has 5 rings (SSSR count). The zero-order valence-electron chi connectivity index (χ0n) is 14.9. The topological polar surface area (TPSA) is 74.3 Å². The Morgan fingerprint density at radius 3 is 2.59 bits per heavy atom. The fourth-order valence-corrected chi connectivity index (χ4v) is 4.14. The summed E-state index contributed by atoms with van der Waals surface area (Å²) in [5.41, 5.74) is 2.49. The smallest absolute Gasteiger partial charge is 0.259 e. The maximum atomic E-state index is 13.4. The fourth-order valence-electron chi connectivity index (χ4n) is 4.14. The third-order valence-electron chi connectivity index (χ3n) is 5.39. The summed E-state index contributed by atoms with van der Waals surface area (Å²) in [6, 6.07) is 6.40. The molecule has 0 spiro atoms. The molecular formula is C20H17NO6. The van der Waals surface area contributed by atoms with E-state index in [1.807, 2.05) is 6.07 Å². The van der Waals surface area contributed by atoms with Gasteiger partial charge >= 0.3 is 0 Å². The van der Waals surface area contributed by atoms with Crippen molar-refractivity contribution in [3.63, 3.8) is 0 Å². The van der Waals surface area contributed by atoms with Crippen molar-refractivity contribution in [3.8, 4) is 23.0 Å². The molecule has 7 nitrogen and oxygen atoms in total. The first-order chi connectivity index (χ1) is 13.1. The van der Waals surface area contributed by atoms with Crippen LogP contribution in [0.5, 0.6) is 23.0 Å². The van der Waals surface area contributed by atoms with Crippen molar-refractivity contribution in [2.75, 3.05) is 27.6 Å².